The van der Waals surface area contributed by atoms with Crippen molar-refractivity contribution < 1.29 is 13.2 Å². The van der Waals surface area contributed by atoms with E-state index in [2.05, 4.69) is 10.3 Å². The molecule has 3 aromatic rings. The first-order valence-corrected chi connectivity index (χ1v) is 11.0. The monoisotopic (exact) mass is 408 g/mol. The van der Waals surface area contributed by atoms with E-state index in [0.29, 0.717) is 18.4 Å². The summed E-state index contributed by atoms with van der Waals surface area (Å²) >= 11 is 0. The van der Waals surface area contributed by atoms with Gasteiger partial charge in [0, 0.05) is 25.4 Å². The molecule has 0 aliphatic rings. The van der Waals surface area contributed by atoms with Crippen molar-refractivity contribution in [2.45, 2.75) is 29.9 Å². The van der Waals surface area contributed by atoms with E-state index in [4.69, 9.17) is 0 Å². The third-order valence-electron chi connectivity index (χ3n) is 4.75. The van der Waals surface area contributed by atoms with Gasteiger partial charge in [0.1, 0.15) is 5.25 Å². The lowest BCUT2D eigenvalue weighted by Crippen LogP contribution is -2.32. The summed E-state index contributed by atoms with van der Waals surface area (Å²) in [6.07, 6.45) is 4.04. The van der Waals surface area contributed by atoms with Gasteiger partial charge < -0.3 is 5.32 Å². The van der Waals surface area contributed by atoms with Crippen LogP contribution >= 0.6 is 0 Å². The van der Waals surface area contributed by atoms with E-state index in [1.807, 2.05) is 37.3 Å². The standard InChI is InChI=1S/C23H24N2O3S/c1-18-9-12-21(13-10-18)29(27,28)22(20-8-5-15-24-16-20)17-25-23(26)14-11-19-6-3-2-4-7-19/h2-10,12-13,15-16,22H,11,14,17H2,1H3,(H,25,26)/t22-/m0/s1. The van der Waals surface area contributed by atoms with Crippen molar-refractivity contribution in [1.82, 2.24) is 10.3 Å². The Morgan fingerprint density at radius 3 is 2.38 bits per heavy atom. The molecule has 0 spiro atoms. The minimum atomic E-state index is -3.69. The zero-order valence-corrected chi connectivity index (χ0v) is 17.1. The summed E-state index contributed by atoms with van der Waals surface area (Å²) in [7, 11) is -3.69. The molecule has 0 bridgehead atoms. The number of aryl methyl sites for hydroxylation is 2. The van der Waals surface area contributed by atoms with Crippen molar-refractivity contribution in [3.05, 3.63) is 95.8 Å². The number of nitrogens with zero attached hydrogens (tertiary/aromatic N) is 1. The number of sulfone groups is 1. The number of rotatable bonds is 8. The Labute approximate surface area is 171 Å². The lowest BCUT2D eigenvalue weighted by atomic mass is 10.1. The second-order valence-corrected chi connectivity index (χ2v) is 9.05. The molecule has 150 valence electrons. The van der Waals surface area contributed by atoms with Crippen LogP contribution in [0.3, 0.4) is 0 Å². The summed E-state index contributed by atoms with van der Waals surface area (Å²) in [5.74, 6) is -0.179. The molecule has 1 amide bonds. The topological polar surface area (TPSA) is 76.1 Å². The van der Waals surface area contributed by atoms with Gasteiger partial charge in [0.2, 0.25) is 5.91 Å². The highest BCUT2D eigenvalue weighted by Gasteiger charge is 2.29. The van der Waals surface area contributed by atoms with Crippen LogP contribution in [0.1, 0.15) is 28.4 Å². The largest absolute Gasteiger partial charge is 0.354 e. The zero-order chi connectivity index (χ0) is 20.7. The van der Waals surface area contributed by atoms with E-state index in [1.165, 1.54) is 6.20 Å². The van der Waals surface area contributed by atoms with E-state index in [9.17, 15) is 13.2 Å². The molecule has 1 N–H and O–H groups in total. The Morgan fingerprint density at radius 1 is 1.00 bits per heavy atom. The quantitative estimate of drug-likeness (QED) is 0.617. The van der Waals surface area contributed by atoms with Gasteiger partial charge >= 0.3 is 0 Å². The Balaban J connectivity index is 1.74. The van der Waals surface area contributed by atoms with Crippen molar-refractivity contribution in [1.29, 1.82) is 0 Å². The highest BCUT2D eigenvalue weighted by atomic mass is 32.2. The second kappa shape index (κ2) is 9.47. The first kappa shape index (κ1) is 20.7. The summed E-state index contributed by atoms with van der Waals surface area (Å²) in [5, 5.41) is 1.89. The normalized spacial score (nSPS) is 12.3. The number of benzene rings is 2. The molecule has 0 fully saturated rings. The molecule has 1 aromatic heterocycles. The Hall–Kier alpha value is -2.99. The van der Waals surface area contributed by atoms with Crippen molar-refractivity contribution in [2.75, 3.05) is 6.54 Å². The van der Waals surface area contributed by atoms with Gasteiger partial charge in [-0.05, 0) is 42.7 Å². The van der Waals surface area contributed by atoms with E-state index < -0.39 is 15.1 Å². The van der Waals surface area contributed by atoms with Gasteiger partial charge in [0.05, 0.1) is 4.90 Å². The summed E-state index contributed by atoms with van der Waals surface area (Å²) in [4.78, 5) is 16.6. The SMILES string of the molecule is Cc1ccc(S(=O)(=O)[C@@H](CNC(=O)CCc2ccccc2)c2cccnc2)cc1. The van der Waals surface area contributed by atoms with E-state index >= 15 is 0 Å². The van der Waals surface area contributed by atoms with Gasteiger partial charge in [0.15, 0.2) is 9.84 Å². The van der Waals surface area contributed by atoms with Crippen molar-refractivity contribution in [2.24, 2.45) is 0 Å². The maximum Gasteiger partial charge on any atom is 0.220 e. The average molecular weight is 409 g/mol. The van der Waals surface area contributed by atoms with Crippen molar-refractivity contribution in [3.63, 3.8) is 0 Å². The first-order chi connectivity index (χ1) is 14.0. The number of carbonyl (C=O) groups excluding carboxylic acids is 1. The number of amides is 1. The van der Waals surface area contributed by atoms with Gasteiger partial charge in [-0.3, -0.25) is 9.78 Å². The van der Waals surface area contributed by atoms with Gasteiger partial charge in [0.25, 0.3) is 0 Å². The number of pyridine rings is 1. The predicted octanol–water partition coefficient (Wildman–Crippen LogP) is 3.65. The Morgan fingerprint density at radius 2 is 1.72 bits per heavy atom. The lowest BCUT2D eigenvalue weighted by Gasteiger charge is -2.19. The first-order valence-electron chi connectivity index (χ1n) is 9.48. The molecular formula is C23H24N2O3S. The van der Waals surface area contributed by atoms with E-state index in [-0.39, 0.29) is 17.3 Å². The van der Waals surface area contributed by atoms with Crippen LogP contribution in [0, 0.1) is 6.92 Å². The third kappa shape index (κ3) is 5.51. The van der Waals surface area contributed by atoms with Gasteiger partial charge in [-0.15, -0.1) is 0 Å². The second-order valence-electron chi connectivity index (χ2n) is 6.92. The fraction of sp³-hybridized carbons (Fsp3) is 0.217. The number of carbonyl (C=O) groups is 1. The molecule has 5 nitrogen and oxygen atoms in total. The Kier molecular flexibility index (Phi) is 6.77. The highest BCUT2D eigenvalue weighted by Crippen LogP contribution is 2.28. The predicted molar refractivity (Wildman–Crippen MR) is 113 cm³/mol. The smallest absolute Gasteiger partial charge is 0.220 e. The van der Waals surface area contributed by atoms with E-state index in [1.54, 1.807) is 42.6 Å². The fourth-order valence-corrected chi connectivity index (χ4v) is 4.71. The van der Waals surface area contributed by atoms with Gasteiger partial charge in [-0.2, -0.15) is 0 Å². The zero-order valence-electron chi connectivity index (χ0n) is 16.3. The third-order valence-corrected chi connectivity index (χ3v) is 6.87. The molecule has 0 aliphatic carbocycles. The molecule has 0 saturated carbocycles. The summed E-state index contributed by atoms with van der Waals surface area (Å²) < 4.78 is 26.5. The number of hydrogen-bond acceptors (Lipinski definition) is 4. The maximum atomic E-state index is 13.3. The lowest BCUT2D eigenvalue weighted by molar-refractivity contribution is -0.121. The molecule has 1 atom stereocenters. The fourth-order valence-electron chi connectivity index (χ4n) is 3.06. The van der Waals surface area contributed by atoms with Gasteiger partial charge in [-0.25, -0.2) is 8.42 Å². The number of hydrogen-bond donors (Lipinski definition) is 1. The van der Waals surface area contributed by atoms with E-state index in [0.717, 1.165) is 11.1 Å². The summed E-state index contributed by atoms with van der Waals surface area (Å²) in [6.45, 7) is 1.90. The average Bonchev–Trinajstić information content (AvgIpc) is 2.74. The number of aromatic nitrogens is 1. The molecule has 0 unspecified atom stereocenters. The van der Waals surface area contributed by atoms with Gasteiger partial charge in [-0.1, -0.05) is 54.1 Å². The van der Waals surface area contributed by atoms with Crippen molar-refractivity contribution >= 4 is 15.7 Å². The molecule has 0 saturated heterocycles. The molecule has 0 aliphatic heterocycles. The molecule has 2 aromatic carbocycles. The van der Waals surface area contributed by atoms with Crippen molar-refractivity contribution in [3.8, 4) is 0 Å². The molecule has 0 radical (unpaired) electrons. The molecule has 29 heavy (non-hydrogen) atoms. The Bertz CT molecular complexity index is 1030. The van der Waals surface area contributed by atoms with Crippen LogP contribution in [0.4, 0.5) is 0 Å². The molecule has 3 rings (SSSR count). The van der Waals surface area contributed by atoms with Crippen LogP contribution < -0.4 is 5.32 Å². The minimum absolute atomic E-state index is 0.00444. The maximum absolute atomic E-state index is 13.3. The molecule has 1 heterocycles. The number of nitrogens with one attached hydrogen (secondary N) is 1. The minimum Gasteiger partial charge on any atom is -0.354 e. The molecule has 6 heteroatoms. The summed E-state index contributed by atoms with van der Waals surface area (Å²) in [5.41, 5.74) is 2.60. The van der Waals surface area contributed by atoms with Crippen LogP contribution in [0.5, 0.6) is 0 Å². The van der Waals surface area contributed by atoms with Crippen LogP contribution in [-0.2, 0) is 21.1 Å². The van der Waals surface area contributed by atoms with Crippen LogP contribution in [0.25, 0.3) is 0 Å². The van der Waals surface area contributed by atoms with Crippen LogP contribution in [-0.4, -0.2) is 25.9 Å². The van der Waals surface area contributed by atoms with Crippen LogP contribution in [0.15, 0.2) is 84.0 Å². The molecular weight excluding hydrogens is 384 g/mol. The summed E-state index contributed by atoms with van der Waals surface area (Å²) in [6, 6.07) is 19.9. The highest BCUT2D eigenvalue weighted by molar-refractivity contribution is 7.91. The van der Waals surface area contributed by atoms with Crippen LogP contribution in [0.2, 0.25) is 0 Å².